The van der Waals surface area contributed by atoms with Crippen LogP contribution in [0.1, 0.15) is 0 Å². The van der Waals surface area contributed by atoms with Gasteiger partial charge in [-0.2, -0.15) is 0 Å². The summed E-state index contributed by atoms with van der Waals surface area (Å²) in [5.74, 6) is -2.19. The Morgan fingerprint density at radius 3 is 1.66 bits per heavy atom. The van der Waals surface area contributed by atoms with Crippen molar-refractivity contribution in [2.45, 2.75) is 6.10 Å². The number of carbonyl (C=O) groups excluding carboxylic acids is 5. The second-order valence-corrected chi connectivity index (χ2v) is 4.73. The van der Waals surface area contributed by atoms with Crippen LogP contribution in [0.15, 0.2) is 38.0 Å². The molecular weight excluding hydrogens is 392 g/mol. The Morgan fingerprint density at radius 1 is 0.690 bits per heavy atom. The minimum Gasteiger partial charge on any atom is -0.459 e. The molecule has 2 N–H and O–H groups in total. The first kappa shape index (κ1) is 25.2. The summed E-state index contributed by atoms with van der Waals surface area (Å²) in [6, 6.07) is 0. The Labute approximate surface area is 166 Å². The molecule has 0 fully saturated rings. The summed E-state index contributed by atoms with van der Waals surface area (Å²) in [5.41, 5.74) is 0. The third-order valence-corrected chi connectivity index (χ3v) is 2.62. The molecule has 0 aromatic carbocycles. The number of hydrogen-bond donors (Lipinski definition) is 2. The van der Waals surface area contributed by atoms with Gasteiger partial charge in [-0.3, -0.25) is 0 Å². The molecule has 0 rings (SSSR count). The van der Waals surface area contributed by atoms with Gasteiger partial charge in [-0.25, -0.2) is 24.0 Å². The molecule has 0 atom stereocenters. The summed E-state index contributed by atoms with van der Waals surface area (Å²) in [5, 5.41) is 4.35. The molecule has 29 heavy (non-hydrogen) atoms. The topological polar surface area (TPSA) is 156 Å². The van der Waals surface area contributed by atoms with Crippen LogP contribution in [0.3, 0.4) is 0 Å². The Kier molecular flexibility index (Phi) is 13.2. The van der Waals surface area contributed by atoms with E-state index < -0.39 is 49.4 Å². The number of carbonyl (C=O) groups is 5. The van der Waals surface area contributed by atoms with E-state index in [1.165, 1.54) is 0 Å². The van der Waals surface area contributed by atoms with E-state index in [1.54, 1.807) is 0 Å². The molecule has 160 valence electrons. The lowest BCUT2D eigenvalue weighted by Gasteiger charge is -2.17. The van der Waals surface area contributed by atoms with E-state index in [9.17, 15) is 24.0 Å². The highest BCUT2D eigenvalue weighted by Crippen LogP contribution is 1.98. The summed E-state index contributed by atoms with van der Waals surface area (Å²) in [7, 11) is 0. The third kappa shape index (κ3) is 14.0. The molecule has 0 aliphatic heterocycles. The molecule has 0 radical (unpaired) electrons. The molecule has 0 aliphatic rings. The average Bonchev–Trinajstić information content (AvgIpc) is 2.72. The van der Waals surface area contributed by atoms with Crippen LogP contribution in [0.4, 0.5) is 9.59 Å². The van der Waals surface area contributed by atoms with E-state index in [4.69, 9.17) is 14.2 Å². The second-order valence-electron chi connectivity index (χ2n) is 4.73. The monoisotopic (exact) mass is 414 g/mol. The van der Waals surface area contributed by atoms with Gasteiger partial charge in [-0.05, 0) is 0 Å². The SMILES string of the molecule is C=CC(=O)OCCOC(=O)NCNC(=O)OC(COC(=O)C=C)COC(=O)C=C. The van der Waals surface area contributed by atoms with Crippen LogP contribution >= 0.6 is 0 Å². The third-order valence-electron chi connectivity index (χ3n) is 2.62. The molecule has 0 aliphatic carbocycles. The summed E-state index contributed by atoms with van der Waals surface area (Å²) < 4.78 is 23.6. The van der Waals surface area contributed by atoms with Gasteiger partial charge in [0.15, 0.2) is 6.10 Å². The lowest BCUT2D eigenvalue weighted by atomic mass is 10.4. The number of alkyl carbamates (subject to hydrolysis) is 2. The van der Waals surface area contributed by atoms with Crippen LogP contribution in [-0.2, 0) is 38.1 Å². The predicted molar refractivity (Wildman–Crippen MR) is 96.2 cm³/mol. The van der Waals surface area contributed by atoms with Crippen LogP contribution in [-0.4, -0.2) is 69.3 Å². The zero-order chi connectivity index (χ0) is 22.1. The normalized spacial score (nSPS) is 9.41. The summed E-state index contributed by atoms with van der Waals surface area (Å²) in [6.07, 6.45) is -0.244. The first-order valence-electron chi connectivity index (χ1n) is 8.05. The van der Waals surface area contributed by atoms with E-state index in [0.29, 0.717) is 0 Å². The van der Waals surface area contributed by atoms with E-state index in [2.05, 4.69) is 39.8 Å². The zero-order valence-corrected chi connectivity index (χ0v) is 15.5. The lowest BCUT2D eigenvalue weighted by Crippen LogP contribution is -2.41. The molecule has 0 unspecified atom stereocenters. The number of hydrogen-bond acceptors (Lipinski definition) is 10. The molecule has 0 spiro atoms. The van der Waals surface area contributed by atoms with E-state index >= 15 is 0 Å². The molecule has 0 bridgehead atoms. The molecule has 12 heteroatoms. The van der Waals surface area contributed by atoms with Gasteiger partial charge in [0, 0.05) is 18.2 Å². The van der Waals surface area contributed by atoms with Gasteiger partial charge in [0.25, 0.3) is 0 Å². The highest BCUT2D eigenvalue weighted by molar-refractivity contribution is 5.82. The summed E-state index contributed by atoms with van der Waals surface area (Å²) in [6.45, 7) is 8.08. The molecule has 0 aromatic heterocycles. The molecule has 0 saturated carbocycles. The molecule has 0 heterocycles. The predicted octanol–water partition coefficient (Wildman–Crippen LogP) is -0.0475. The Balaban J connectivity index is 4.21. The van der Waals surface area contributed by atoms with Crippen molar-refractivity contribution in [1.29, 1.82) is 0 Å². The fourth-order valence-electron chi connectivity index (χ4n) is 1.35. The first-order chi connectivity index (χ1) is 13.8. The Morgan fingerprint density at radius 2 is 1.14 bits per heavy atom. The number of esters is 3. The Hall–Kier alpha value is -3.83. The number of rotatable bonds is 13. The highest BCUT2D eigenvalue weighted by Gasteiger charge is 2.18. The van der Waals surface area contributed by atoms with Crippen molar-refractivity contribution in [3.8, 4) is 0 Å². The zero-order valence-electron chi connectivity index (χ0n) is 15.5. The quantitative estimate of drug-likeness (QED) is 0.138. The van der Waals surface area contributed by atoms with Crippen LogP contribution in [0.2, 0.25) is 0 Å². The van der Waals surface area contributed by atoms with Crippen molar-refractivity contribution in [3.63, 3.8) is 0 Å². The minimum atomic E-state index is -1.12. The van der Waals surface area contributed by atoms with Crippen LogP contribution in [0, 0.1) is 0 Å². The van der Waals surface area contributed by atoms with Crippen molar-refractivity contribution >= 4 is 30.1 Å². The largest absolute Gasteiger partial charge is 0.459 e. The van der Waals surface area contributed by atoms with Gasteiger partial charge >= 0.3 is 30.1 Å². The average molecular weight is 414 g/mol. The van der Waals surface area contributed by atoms with Gasteiger partial charge in [-0.15, -0.1) is 0 Å². The molecule has 12 nitrogen and oxygen atoms in total. The molecule has 2 amide bonds. The number of nitrogens with one attached hydrogen (secondary N) is 2. The fourth-order valence-corrected chi connectivity index (χ4v) is 1.35. The second kappa shape index (κ2) is 15.2. The summed E-state index contributed by atoms with van der Waals surface area (Å²) in [4.78, 5) is 56.0. The van der Waals surface area contributed by atoms with E-state index in [1.807, 2.05) is 0 Å². The maximum absolute atomic E-state index is 11.7. The maximum atomic E-state index is 11.7. The van der Waals surface area contributed by atoms with Crippen molar-refractivity contribution in [3.05, 3.63) is 38.0 Å². The van der Waals surface area contributed by atoms with E-state index in [0.717, 1.165) is 18.2 Å². The fraction of sp³-hybridized carbons (Fsp3) is 0.353. The van der Waals surface area contributed by atoms with Gasteiger partial charge in [0.1, 0.15) is 26.4 Å². The maximum Gasteiger partial charge on any atom is 0.409 e. The van der Waals surface area contributed by atoms with E-state index in [-0.39, 0.29) is 19.9 Å². The van der Waals surface area contributed by atoms with Crippen LogP contribution in [0.25, 0.3) is 0 Å². The van der Waals surface area contributed by atoms with Crippen molar-refractivity contribution in [2.24, 2.45) is 0 Å². The van der Waals surface area contributed by atoms with Gasteiger partial charge in [-0.1, -0.05) is 19.7 Å². The highest BCUT2D eigenvalue weighted by atomic mass is 16.6. The standard InChI is InChI=1S/C17H22N2O10/c1-4-13(20)25-7-8-26-16(23)18-11-19-17(24)29-12(9-27-14(21)5-2)10-28-15(22)6-3/h4-6,12H,1-3,7-11H2,(H,18,23)(H,19,24). The number of amides is 2. The summed E-state index contributed by atoms with van der Waals surface area (Å²) >= 11 is 0. The van der Waals surface area contributed by atoms with Crippen LogP contribution < -0.4 is 10.6 Å². The van der Waals surface area contributed by atoms with Gasteiger partial charge in [0.2, 0.25) is 0 Å². The lowest BCUT2D eigenvalue weighted by molar-refractivity contribution is -0.146. The molecule has 0 aromatic rings. The van der Waals surface area contributed by atoms with Crippen molar-refractivity contribution in [1.82, 2.24) is 10.6 Å². The molecular formula is C17H22N2O10. The van der Waals surface area contributed by atoms with Gasteiger partial charge in [0.05, 0.1) is 6.67 Å². The first-order valence-corrected chi connectivity index (χ1v) is 8.05. The van der Waals surface area contributed by atoms with Crippen LogP contribution in [0.5, 0.6) is 0 Å². The van der Waals surface area contributed by atoms with Crippen molar-refractivity contribution < 1.29 is 47.7 Å². The molecule has 0 saturated heterocycles. The minimum absolute atomic E-state index is 0.164. The van der Waals surface area contributed by atoms with Crippen molar-refractivity contribution in [2.75, 3.05) is 33.1 Å². The smallest absolute Gasteiger partial charge is 0.409 e. The number of ether oxygens (including phenoxy) is 5. The van der Waals surface area contributed by atoms with Gasteiger partial charge < -0.3 is 34.3 Å². The Bertz CT molecular complexity index is 608.